The van der Waals surface area contributed by atoms with Crippen LogP contribution in [-0.2, 0) is 0 Å². The van der Waals surface area contributed by atoms with Crippen molar-refractivity contribution in [1.82, 2.24) is 5.32 Å². The van der Waals surface area contributed by atoms with Crippen molar-refractivity contribution in [2.75, 3.05) is 4.90 Å². The molecular weight excluding hydrogens is 280 g/mol. The summed E-state index contributed by atoms with van der Waals surface area (Å²) in [5.41, 5.74) is 0.599. The summed E-state index contributed by atoms with van der Waals surface area (Å²) in [4.78, 5) is 2.14. The van der Waals surface area contributed by atoms with Crippen LogP contribution in [0.2, 0.25) is 0 Å². The van der Waals surface area contributed by atoms with Crippen LogP contribution in [0.3, 0.4) is 0 Å². The molecule has 4 rings (SSSR count). The van der Waals surface area contributed by atoms with Crippen molar-refractivity contribution in [3.8, 4) is 5.75 Å². The van der Waals surface area contributed by atoms with Crippen molar-refractivity contribution in [2.45, 2.75) is 38.5 Å². The zero-order chi connectivity index (χ0) is 14.8. The van der Waals surface area contributed by atoms with Crippen LogP contribution in [0.15, 0.2) is 36.4 Å². The zero-order valence-corrected chi connectivity index (χ0v) is 13.3. The maximum atomic E-state index is 6.31. The molecule has 3 nitrogen and oxygen atoms in total. The van der Waals surface area contributed by atoms with Gasteiger partial charge in [0.05, 0.1) is 5.69 Å². The van der Waals surface area contributed by atoms with Crippen LogP contribution in [0.4, 0.5) is 5.69 Å². The molecular formula is C17H18N2OS. The second kappa shape index (κ2) is 3.89. The Morgan fingerprint density at radius 3 is 2.71 bits per heavy atom. The van der Waals surface area contributed by atoms with E-state index in [9.17, 15) is 0 Å². The van der Waals surface area contributed by atoms with Crippen LogP contribution < -0.4 is 15.0 Å². The highest BCUT2D eigenvalue weighted by molar-refractivity contribution is 7.80. The first kappa shape index (κ1) is 12.9. The van der Waals surface area contributed by atoms with Gasteiger partial charge in [-0.15, -0.1) is 0 Å². The third kappa shape index (κ3) is 1.75. The van der Waals surface area contributed by atoms with Crippen molar-refractivity contribution in [1.29, 1.82) is 0 Å². The smallest absolute Gasteiger partial charge is 0.188 e. The predicted molar refractivity (Wildman–Crippen MR) is 89.9 cm³/mol. The third-order valence-corrected chi connectivity index (χ3v) is 4.59. The highest BCUT2D eigenvalue weighted by Crippen LogP contribution is 2.50. The van der Waals surface area contributed by atoms with Gasteiger partial charge < -0.3 is 10.1 Å². The van der Waals surface area contributed by atoms with Gasteiger partial charge in [-0.25, -0.2) is 0 Å². The molecule has 0 saturated carbocycles. The molecule has 2 aromatic carbocycles. The molecule has 2 aliphatic rings. The fourth-order valence-corrected chi connectivity index (χ4v) is 4.27. The lowest BCUT2D eigenvalue weighted by atomic mass is 9.90. The van der Waals surface area contributed by atoms with E-state index in [0.717, 1.165) is 23.0 Å². The molecule has 0 radical (unpaired) electrons. The van der Waals surface area contributed by atoms with Gasteiger partial charge in [-0.2, -0.15) is 0 Å². The van der Waals surface area contributed by atoms with E-state index in [1.54, 1.807) is 0 Å². The van der Waals surface area contributed by atoms with Crippen molar-refractivity contribution >= 4 is 33.8 Å². The SMILES string of the molecule is CC1(C)CC2(C)Oc3ccc4ccccc4c3N2C(=S)N1. The van der Waals surface area contributed by atoms with Gasteiger partial charge >= 0.3 is 0 Å². The molecule has 1 unspecified atom stereocenters. The van der Waals surface area contributed by atoms with Crippen molar-refractivity contribution in [3.05, 3.63) is 36.4 Å². The van der Waals surface area contributed by atoms with Crippen LogP contribution in [-0.4, -0.2) is 16.4 Å². The second-order valence-electron chi connectivity index (χ2n) is 6.74. The number of thiocarbonyl (C=S) groups is 1. The molecule has 1 fully saturated rings. The van der Waals surface area contributed by atoms with Crippen molar-refractivity contribution < 1.29 is 4.74 Å². The number of benzene rings is 2. The fraction of sp³-hybridized carbons (Fsp3) is 0.353. The summed E-state index contributed by atoms with van der Waals surface area (Å²) in [6, 6.07) is 12.5. The molecule has 0 spiro atoms. The largest absolute Gasteiger partial charge is 0.466 e. The van der Waals surface area contributed by atoms with Gasteiger partial charge in [-0.05, 0) is 44.4 Å². The van der Waals surface area contributed by atoms with E-state index in [1.165, 1.54) is 10.8 Å². The standard InChI is InChI=1S/C17H18N2OS/c1-16(2)10-17(3)19(15(21)18-16)14-12-7-5-4-6-11(12)8-9-13(14)20-17/h4-9H,10H2,1-3H3,(H,18,21). The highest BCUT2D eigenvalue weighted by Gasteiger charge is 2.52. The molecule has 0 aromatic heterocycles. The summed E-state index contributed by atoms with van der Waals surface area (Å²) in [6.45, 7) is 6.44. The van der Waals surface area contributed by atoms with E-state index in [-0.39, 0.29) is 5.54 Å². The summed E-state index contributed by atoms with van der Waals surface area (Å²) in [5.74, 6) is 0.915. The topological polar surface area (TPSA) is 24.5 Å². The van der Waals surface area contributed by atoms with Gasteiger partial charge in [0.25, 0.3) is 0 Å². The summed E-state index contributed by atoms with van der Waals surface area (Å²) in [6.07, 6.45) is 0.864. The maximum Gasteiger partial charge on any atom is 0.188 e. The minimum absolute atomic E-state index is 0.0693. The Morgan fingerprint density at radius 1 is 1.14 bits per heavy atom. The fourth-order valence-electron chi connectivity index (χ4n) is 3.71. The van der Waals surface area contributed by atoms with Crippen LogP contribution in [0, 0.1) is 0 Å². The Balaban J connectivity index is 1.96. The molecule has 21 heavy (non-hydrogen) atoms. The lowest BCUT2D eigenvalue weighted by Crippen LogP contribution is -2.66. The third-order valence-electron chi connectivity index (χ3n) is 4.31. The first-order valence-electron chi connectivity index (χ1n) is 7.23. The van der Waals surface area contributed by atoms with E-state index < -0.39 is 5.72 Å². The average molecular weight is 298 g/mol. The zero-order valence-electron chi connectivity index (χ0n) is 12.4. The van der Waals surface area contributed by atoms with Gasteiger partial charge in [0, 0.05) is 17.3 Å². The second-order valence-corrected chi connectivity index (χ2v) is 7.12. The van der Waals surface area contributed by atoms with Gasteiger partial charge in [0.1, 0.15) is 5.75 Å². The lowest BCUT2D eigenvalue weighted by Gasteiger charge is -2.47. The molecule has 1 N–H and O–H groups in total. The van der Waals surface area contributed by atoms with Crippen LogP contribution in [0.1, 0.15) is 27.2 Å². The number of ether oxygens (including phenoxy) is 1. The number of nitrogens with zero attached hydrogens (tertiary/aromatic N) is 1. The quantitative estimate of drug-likeness (QED) is 0.748. The highest BCUT2D eigenvalue weighted by atomic mass is 32.1. The summed E-state index contributed by atoms with van der Waals surface area (Å²) >= 11 is 5.64. The molecule has 1 atom stereocenters. The number of hydrogen-bond acceptors (Lipinski definition) is 2. The van der Waals surface area contributed by atoms with Gasteiger partial charge in [-0.1, -0.05) is 30.3 Å². The minimum Gasteiger partial charge on any atom is -0.466 e. The van der Waals surface area contributed by atoms with Crippen molar-refractivity contribution in [2.24, 2.45) is 0 Å². The monoisotopic (exact) mass is 298 g/mol. The van der Waals surface area contributed by atoms with E-state index in [1.807, 2.05) is 0 Å². The Labute approximate surface area is 129 Å². The van der Waals surface area contributed by atoms with E-state index >= 15 is 0 Å². The van der Waals surface area contributed by atoms with Crippen LogP contribution in [0.25, 0.3) is 10.8 Å². The Kier molecular flexibility index (Phi) is 2.39. The summed E-state index contributed by atoms with van der Waals surface area (Å²) < 4.78 is 6.31. The molecule has 0 amide bonds. The summed E-state index contributed by atoms with van der Waals surface area (Å²) in [7, 11) is 0. The normalized spacial score (nSPS) is 26.0. The van der Waals surface area contributed by atoms with Gasteiger partial charge in [0.2, 0.25) is 0 Å². The number of hydrogen-bond donors (Lipinski definition) is 1. The van der Waals surface area contributed by atoms with E-state index in [2.05, 4.69) is 67.4 Å². The molecule has 2 aromatic rings. The van der Waals surface area contributed by atoms with E-state index in [0.29, 0.717) is 0 Å². The maximum absolute atomic E-state index is 6.31. The first-order valence-corrected chi connectivity index (χ1v) is 7.64. The first-order chi connectivity index (χ1) is 9.90. The molecule has 1 saturated heterocycles. The van der Waals surface area contributed by atoms with Gasteiger partial charge in [-0.3, -0.25) is 4.90 Å². The molecule has 0 aliphatic carbocycles. The molecule has 2 heterocycles. The van der Waals surface area contributed by atoms with E-state index in [4.69, 9.17) is 17.0 Å². The summed E-state index contributed by atoms with van der Waals surface area (Å²) in [5, 5.41) is 6.56. The lowest BCUT2D eigenvalue weighted by molar-refractivity contribution is 0.0726. The van der Waals surface area contributed by atoms with Crippen LogP contribution in [0.5, 0.6) is 5.75 Å². The number of fused-ring (bicyclic) bond motifs is 5. The van der Waals surface area contributed by atoms with Gasteiger partial charge in [0.15, 0.2) is 10.8 Å². The number of rotatable bonds is 0. The molecule has 4 heteroatoms. The minimum atomic E-state index is -0.418. The van der Waals surface area contributed by atoms with Crippen molar-refractivity contribution in [3.63, 3.8) is 0 Å². The average Bonchev–Trinajstić information content (AvgIpc) is 2.69. The molecule has 0 bridgehead atoms. The number of anilines is 1. The Morgan fingerprint density at radius 2 is 1.90 bits per heavy atom. The predicted octanol–water partition coefficient (Wildman–Crippen LogP) is 3.81. The number of nitrogens with one attached hydrogen (secondary N) is 1. The molecule has 108 valence electrons. The van der Waals surface area contributed by atoms with Crippen LogP contribution >= 0.6 is 12.2 Å². The Bertz CT molecular complexity index is 770. The Hall–Kier alpha value is -1.81. The molecule has 2 aliphatic heterocycles.